The lowest BCUT2D eigenvalue weighted by atomic mass is 10.1. The number of rotatable bonds is 0. The van der Waals surface area contributed by atoms with Gasteiger partial charge in [0.25, 0.3) is 0 Å². The Kier molecular flexibility index (Phi) is 2.12. The molecule has 3 heteroatoms. The van der Waals surface area contributed by atoms with E-state index in [1.165, 1.54) is 0 Å². The highest BCUT2D eigenvalue weighted by molar-refractivity contribution is 6.03. The van der Waals surface area contributed by atoms with Crippen LogP contribution >= 0.6 is 0 Å². The monoisotopic (exact) mass is 260 g/mol. The number of hydrogen-bond donors (Lipinski definition) is 1. The molecule has 1 aliphatic heterocycles. The molecule has 4 rings (SSSR count). The van der Waals surface area contributed by atoms with Crippen LogP contribution in [-0.2, 0) is 0 Å². The Hall–Kier alpha value is -2.81. The number of ether oxygens (including phenoxy) is 1. The van der Waals surface area contributed by atoms with Crippen molar-refractivity contribution in [3.05, 3.63) is 59.1 Å². The van der Waals surface area contributed by atoms with Crippen molar-refractivity contribution in [1.29, 1.82) is 0 Å². The molecule has 1 heterocycles. The van der Waals surface area contributed by atoms with Gasteiger partial charge in [-0.3, -0.25) is 0 Å². The minimum atomic E-state index is 0.694. The topological polar surface area (TPSA) is 47.6 Å². The van der Waals surface area contributed by atoms with Crippen molar-refractivity contribution in [2.24, 2.45) is 4.99 Å². The highest BCUT2D eigenvalue weighted by atomic mass is 16.5. The van der Waals surface area contributed by atoms with Crippen molar-refractivity contribution >= 4 is 28.7 Å². The summed E-state index contributed by atoms with van der Waals surface area (Å²) in [6.07, 6.45) is 0. The molecule has 0 fully saturated rings. The lowest BCUT2D eigenvalue weighted by molar-refractivity contribution is 0.470. The fourth-order valence-corrected chi connectivity index (χ4v) is 2.53. The predicted molar refractivity (Wildman–Crippen MR) is 80.8 cm³/mol. The molecule has 0 saturated heterocycles. The first kappa shape index (κ1) is 11.1. The first-order valence-electron chi connectivity index (χ1n) is 6.39. The number of nitrogens with two attached hydrogens (primary N) is 1. The van der Waals surface area contributed by atoms with Gasteiger partial charge in [0.2, 0.25) is 0 Å². The van der Waals surface area contributed by atoms with Crippen LogP contribution in [0.15, 0.2) is 53.5 Å². The number of benzene rings is 3. The standard InChI is InChI=1S/C17H12N2O/c1-10-6-7-14-15(8-10)20-16-9-13(18)11-4-2-3-5-12(11)17(16)19-14/h2-9H,1,18H2. The third kappa shape index (κ3) is 1.50. The second kappa shape index (κ2) is 3.84. The van der Waals surface area contributed by atoms with Gasteiger partial charge in [-0.2, -0.15) is 0 Å². The lowest BCUT2D eigenvalue weighted by Crippen LogP contribution is -2.13. The van der Waals surface area contributed by atoms with Gasteiger partial charge in [0.05, 0.1) is 0 Å². The van der Waals surface area contributed by atoms with E-state index in [2.05, 4.69) is 6.58 Å². The summed E-state index contributed by atoms with van der Waals surface area (Å²) in [7, 11) is 0. The quantitative estimate of drug-likeness (QED) is 0.494. The van der Waals surface area contributed by atoms with Gasteiger partial charge in [0.1, 0.15) is 11.0 Å². The molecule has 0 spiro atoms. The fraction of sp³-hybridized carbons (Fsp3) is 0. The Morgan fingerprint density at radius 2 is 1.75 bits per heavy atom. The van der Waals surface area contributed by atoms with E-state index in [-0.39, 0.29) is 0 Å². The van der Waals surface area contributed by atoms with Crippen LogP contribution < -0.4 is 21.0 Å². The third-order valence-corrected chi connectivity index (χ3v) is 3.49. The lowest BCUT2D eigenvalue weighted by Gasteiger charge is -2.17. The summed E-state index contributed by atoms with van der Waals surface area (Å²) in [4.78, 5) is 4.71. The van der Waals surface area contributed by atoms with Crippen LogP contribution in [0.25, 0.3) is 17.4 Å². The second-order valence-electron chi connectivity index (χ2n) is 4.87. The Bertz CT molecular complexity index is 961. The van der Waals surface area contributed by atoms with Gasteiger partial charge in [0, 0.05) is 22.5 Å². The van der Waals surface area contributed by atoms with Gasteiger partial charge in [-0.05, 0) is 17.4 Å². The Morgan fingerprint density at radius 1 is 0.950 bits per heavy atom. The highest BCUT2D eigenvalue weighted by Crippen LogP contribution is 2.42. The molecule has 0 bridgehead atoms. The minimum absolute atomic E-state index is 0.694. The van der Waals surface area contributed by atoms with Gasteiger partial charge in [-0.15, -0.1) is 0 Å². The van der Waals surface area contributed by atoms with E-state index in [4.69, 9.17) is 15.5 Å². The van der Waals surface area contributed by atoms with E-state index in [1.807, 2.05) is 48.5 Å². The molecule has 0 saturated carbocycles. The van der Waals surface area contributed by atoms with Crippen molar-refractivity contribution in [2.75, 3.05) is 5.73 Å². The van der Waals surface area contributed by atoms with Gasteiger partial charge in [0.15, 0.2) is 11.5 Å². The molecule has 0 aliphatic carbocycles. The van der Waals surface area contributed by atoms with E-state index in [9.17, 15) is 0 Å². The van der Waals surface area contributed by atoms with Crippen LogP contribution in [0.3, 0.4) is 0 Å². The summed E-state index contributed by atoms with van der Waals surface area (Å²) in [5, 5.41) is 3.72. The summed E-state index contributed by atoms with van der Waals surface area (Å²) in [5.74, 6) is 1.42. The average Bonchev–Trinajstić information content (AvgIpc) is 2.46. The molecule has 0 radical (unpaired) electrons. The Morgan fingerprint density at radius 3 is 2.60 bits per heavy atom. The fourth-order valence-electron chi connectivity index (χ4n) is 2.53. The summed E-state index contributed by atoms with van der Waals surface area (Å²) in [5.41, 5.74) is 7.63. The second-order valence-corrected chi connectivity index (χ2v) is 4.87. The molecule has 3 nitrogen and oxygen atoms in total. The van der Waals surface area contributed by atoms with Crippen molar-refractivity contribution in [3.63, 3.8) is 0 Å². The first-order valence-corrected chi connectivity index (χ1v) is 6.39. The molecule has 3 aromatic rings. The summed E-state index contributed by atoms with van der Waals surface area (Å²) >= 11 is 0. The van der Waals surface area contributed by atoms with Crippen molar-refractivity contribution in [3.8, 4) is 11.5 Å². The summed E-state index contributed by atoms with van der Waals surface area (Å²) < 4.78 is 5.93. The Balaban J connectivity index is 2.14. The number of anilines is 1. The van der Waals surface area contributed by atoms with Crippen LogP contribution in [0.2, 0.25) is 0 Å². The number of nitrogen functional groups attached to an aromatic ring is 1. The van der Waals surface area contributed by atoms with Gasteiger partial charge < -0.3 is 10.5 Å². The number of hydrogen-bond acceptors (Lipinski definition) is 3. The minimum Gasteiger partial charge on any atom is -0.453 e. The number of fused-ring (bicyclic) bond motifs is 4. The van der Waals surface area contributed by atoms with Crippen LogP contribution in [-0.4, -0.2) is 0 Å². The number of nitrogens with zero attached hydrogens (tertiary/aromatic N) is 1. The molecule has 0 aromatic heterocycles. The molecular weight excluding hydrogens is 248 g/mol. The largest absolute Gasteiger partial charge is 0.453 e. The molecule has 20 heavy (non-hydrogen) atoms. The maximum absolute atomic E-state index is 6.10. The summed E-state index contributed by atoms with van der Waals surface area (Å²) in [6.45, 7) is 3.91. The first-order chi connectivity index (χ1) is 9.72. The van der Waals surface area contributed by atoms with E-state index >= 15 is 0 Å². The molecular formula is C17H12N2O. The van der Waals surface area contributed by atoms with Crippen molar-refractivity contribution in [1.82, 2.24) is 0 Å². The zero-order valence-electron chi connectivity index (χ0n) is 10.8. The van der Waals surface area contributed by atoms with E-state index in [0.717, 1.165) is 32.8 Å². The van der Waals surface area contributed by atoms with E-state index in [0.29, 0.717) is 11.4 Å². The molecule has 1 aliphatic rings. The van der Waals surface area contributed by atoms with Gasteiger partial charge in [-0.25, -0.2) is 4.99 Å². The normalized spacial score (nSPS) is 12.2. The van der Waals surface area contributed by atoms with Crippen LogP contribution in [0, 0.1) is 0 Å². The maximum atomic E-state index is 6.10. The van der Waals surface area contributed by atoms with Crippen LogP contribution in [0.1, 0.15) is 0 Å². The van der Waals surface area contributed by atoms with Gasteiger partial charge >= 0.3 is 0 Å². The van der Waals surface area contributed by atoms with Crippen molar-refractivity contribution < 1.29 is 4.74 Å². The molecule has 0 unspecified atom stereocenters. The van der Waals surface area contributed by atoms with Crippen LogP contribution in [0.4, 0.5) is 11.4 Å². The summed E-state index contributed by atoms with van der Waals surface area (Å²) in [6, 6.07) is 15.5. The molecule has 0 amide bonds. The zero-order valence-corrected chi connectivity index (χ0v) is 10.8. The molecule has 0 atom stereocenters. The third-order valence-electron chi connectivity index (χ3n) is 3.49. The van der Waals surface area contributed by atoms with Crippen molar-refractivity contribution in [2.45, 2.75) is 0 Å². The Labute approximate surface area is 115 Å². The molecule has 2 N–H and O–H groups in total. The molecule has 3 aromatic carbocycles. The van der Waals surface area contributed by atoms with E-state index < -0.39 is 0 Å². The SMILES string of the molecule is C=c1ccc2c(c1)Oc1cc(N)c3ccccc3c1N=2. The smallest absolute Gasteiger partial charge is 0.155 e. The van der Waals surface area contributed by atoms with Gasteiger partial charge in [-0.1, -0.05) is 36.9 Å². The van der Waals surface area contributed by atoms with Crippen LogP contribution in [0.5, 0.6) is 11.5 Å². The zero-order chi connectivity index (χ0) is 13.7. The maximum Gasteiger partial charge on any atom is 0.155 e. The average molecular weight is 260 g/mol. The van der Waals surface area contributed by atoms with E-state index in [1.54, 1.807) is 0 Å². The predicted octanol–water partition coefficient (Wildman–Crippen LogP) is 2.89. The molecule has 96 valence electrons. The highest BCUT2D eigenvalue weighted by Gasteiger charge is 2.16.